The third-order valence-electron chi connectivity index (χ3n) is 3.60. The van der Waals surface area contributed by atoms with Crippen LogP contribution in [0.3, 0.4) is 0 Å². The van der Waals surface area contributed by atoms with Crippen molar-refractivity contribution in [2.24, 2.45) is 0 Å². The predicted octanol–water partition coefficient (Wildman–Crippen LogP) is 4.99. The van der Waals surface area contributed by atoms with E-state index in [4.69, 9.17) is 11.6 Å². The van der Waals surface area contributed by atoms with E-state index in [-0.39, 0.29) is 16.3 Å². The molecule has 2 rings (SSSR count). The van der Waals surface area contributed by atoms with Crippen LogP contribution in [-0.2, 0) is 6.42 Å². The van der Waals surface area contributed by atoms with Crippen LogP contribution in [0.5, 0.6) is 0 Å². The fraction of sp³-hybridized carbons (Fsp3) is 0.158. The van der Waals surface area contributed by atoms with Crippen molar-refractivity contribution in [3.63, 3.8) is 0 Å². The number of aryl methyl sites for hydroxylation is 1. The fourth-order valence-electron chi connectivity index (χ4n) is 2.34. The highest BCUT2D eigenvalue weighted by atomic mass is 35.5. The summed E-state index contributed by atoms with van der Waals surface area (Å²) in [7, 11) is 0. The van der Waals surface area contributed by atoms with Crippen molar-refractivity contribution in [2.75, 3.05) is 0 Å². The summed E-state index contributed by atoms with van der Waals surface area (Å²) in [5.41, 5.74) is 1.51. The van der Waals surface area contributed by atoms with Crippen molar-refractivity contribution >= 4 is 29.1 Å². The van der Waals surface area contributed by atoms with Gasteiger partial charge in [0.05, 0.1) is 4.92 Å². The molecule has 0 aliphatic rings. The first-order valence-corrected chi connectivity index (χ1v) is 8.03. The maximum Gasteiger partial charge on any atom is 0.288 e. The van der Waals surface area contributed by atoms with E-state index in [0.29, 0.717) is 11.1 Å². The van der Waals surface area contributed by atoms with Crippen LogP contribution in [0.15, 0.2) is 48.0 Å². The maximum absolute atomic E-state index is 12.5. The van der Waals surface area contributed by atoms with E-state index < -0.39 is 10.7 Å². The largest absolute Gasteiger partial charge is 0.288 e. The number of Topliss-reactive ketones (excluding diaryl/α,β-unsaturated/α-hetero) is 1. The molecule has 5 nitrogen and oxygen atoms in total. The lowest BCUT2D eigenvalue weighted by Gasteiger charge is -2.03. The van der Waals surface area contributed by atoms with Gasteiger partial charge in [-0.2, -0.15) is 5.26 Å². The van der Waals surface area contributed by atoms with Gasteiger partial charge in [-0.05, 0) is 29.7 Å². The third kappa shape index (κ3) is 4.52. The molecular formula is C19H15ClN2O3. The fourth-order valence-corrected chi connectivity index (χ4v) is 2.53. The summed E-state index contributed by atoms with van der Waals surface area (Å²) < 4.78 is 0. The molecule has 0 N–H and O–H groups in total. The molecule has 0 heterocycles. The van der Waals surface area contributed by atoms with Crippen LogP contribution in [0, 0.1) is 21.4 Å². The third-order valence-corrected chi connectivity index (χ3v) is 3.92. The number of hydrogen-bond donors (Lipinski definition) is 0. The Morgan fingerprint density at radius 3 is 2.52 bits per heavy atom. The summed E-state index contributed by atoms with van der Waals surface area (Å²) in [6.45, 7) is 2.07. The Bertz CT molecular complexity index is 881. The second kappa shape index (κ2) is 8.22. The van der Waals surface area contributed by atoms with Crippen LogP contribution in [0.1, 0.15) is 34.8 Å². The molecule has 0 aromatic heterocycles. The zero-order chi connectivity index (χ0) is 18.4. The number of nitro benzene ring substituents is 1. The smallest absolute Gasteiger partial charge is 0.288 e. The van der Waals surface area contributed by atoms with E-state index in [1.54, 1.807) is 12.1 Å². The lowest BCUT2D eigenvalue weighted by molar-refractivity contribution is -0.384. The second-order valence-electron chi connectivity index (χ2n) is 5.41. The van der Waals surface area contributed by atoms with Crippen molar-refractivity contribution in [2.45, 2.75) is 19.8 Å². The quantitative estimate of drug-likeness (QED) is 0.240. The van der Waals surface area contributed by atoms with Gasteiger partial charge in [0.25, 0.3) is 5.69 Å². The van der Waals surface area contributed by atoms with Gasteiger partial charge in [-0.25, -0.2) is 0 Å². The molecule has 25 heavy (non-hydrogen) atoms. The number of benzene rings is 2. The highest BCUT2D eigenvalue weighted by Crippen LogP contribution is 2.26. The number of carbonyl (C=O) groups excluding carboxylic acids is 1. The number of nitriles is 1. The highest BCUT2D eigenvalue weighted by molar-refractivity contribution is 6.32. The number of ketones is 1. The average Bonchev–Trinajstić information content (AvgIpc) is 2.61. The molecule has 0 bridgehead atoms. The number of rotatable bonds is 6. The van der Waals surface area contributed by atoms with E-state index in [0.717, 1.165) is 18.4 Å². The number of allylic oxidation sites excluding steroid dienone is 1. The molecule has 2 aromatic carbocycles. The van der Waals surface area contributed by atoms with Gasteiger partial charge >= 0.3 is 0 Å². The Labute approximate surface area is 150 Å². The molecule has 0 aliphatic heterocycles. The maximum atomic E-state index is 12.5. The van der Waals surface area contributed by atoms with Gasteiger partial charge in [0.2, 0.25) is 5.78 Å². The molecule has 0 radical (unpaired) electrons. The van der Waals surface area contributed by atoms with Crippen LogP contribution in [0.4, 0.5) is 5.69 Å². The summed E-state index contributed by atoms with van der Waals surface area (Å²) in [6, 6.07) is 13.1. The van der Waals surface area contributed by atoms with Crippen LogP contribution in [-0.4, -0.2) is 10.7 Å². The number of hydrogen-bond acceptors (Lipinski definition) is 4. The molecule has 126 valence electrons. The molecule has 0 atom stereocenters. The number of carbonyl (C=O) groups is 1. The molecule has 0 amide bonds. The van der Waals surface area contributed by atoms with E-state index in [1.165, 1.54) is 24.3 Å². The molecule has 2 aromatic rings. The van der Waals surface area contributed by atoms with Gasteiger partial charge in [-0.3, -0.25) is 14.9 Å². The normalized spacial score (nSPS) is 11.0. The number of halogens is 1. The van der Waals surface area contributed by atoms with E-state index in [1.807, 2.05) is 18.2 Å². The molecule has 6 heteroatoms. The zero-order valence-corrected chi connectivity index (χ0v) is 14.3. The lowest BCUT2D eigenvalue weighted by atomic mass is 10.00. The molecule has 0 aliphatic carbocycles. The standard InChI is InChI=1S/C19H15ClN2O3/c1-2-3-13-4-7-15(8-5-13)19(23)16(12-21)10-14-6-9-17(20)18(11-14)22(24)25/h4-11H,2-3H2,1H3/b16-10+. The minimum Gasteiger partial charge on any atom is -0.288 e. The van der Waals surface area contributed by atoms with Crippen LogP contribution in [0.25, 0.3) is 6.08 Å². The summed E-state index contributed by atoms with van der Waals surface area (Å²) in [5, 5.41) is 20.2. The first kappa shape index (κ1) is 18.4. The van der Waals surface area contributed by atoms with E-state index in [9.17, 15) is 20.2 Å². The average molecular weight is 355 g/mol. The number of nitrogens with zero attached hydrogens (tertiary/aromatic N) is 2. The Morgan fingerprint density at radius 1 is 1.28 bits per heavy atom. The first-order valence-electron chi connectivity index (χ1n) is 7.65. The van der Waals surface area contributed by atoms with Gasteiger partial charge in [-0.15, -0.1) is 0 Å². The Balaban J connectivity index is 2.34. The summed E-state index contributed by atoms with van der Waals surface area (Å²) in [4.78, 5) is 22.8. The Kier molecular flexibility index (Phi) is 6.04. The molecular weight excluding hydrogens is 340 g/mol. The monoisotopic (exact) mass is 354 g/mol. The van der Waals surface area contributed by atoms with Crippen LogP contribution >= 0.6 is 11.6 Å². The van der Waals surface area contributed by atoms with Crippen LogP contribution < -0.4 is 0 Å². The SMILES string of the molecule is CCCc1ccc(C(=O)/C(C#N)=C/c2ccc(Cl)c([N+](=O)[O-])c2)cc1. The topological polar surface area (TPSA) is 84.0 Å². The molecule has 0 saturated heterocycles. The van der Waals surface area contributed by atoms with Gasteiger partial charge in [-0.1, -0.05) is 55.3 Å². The Hall–Kier alpha value is -2.97. The van der Waals surface area contributed by atoms with Crippen LogP contribution in [0.2, 0.25) is 5.02 Å². The van der Waals surface area contributed by atoms with E-state index >= 15 is 0 Å². The van der Waals surface area contributed by atoms with Crippen molar-refractivity contribution in [3.8, 4) is 6.07 Å². The molecule has 0 spiro atoms. The molecule has 0 unspecified atom stereocenters. The van der Waals surface area contributed by atoms with Gasteiger partial charge in [0.1, 0.15) is 16.7 Å². The first-order chi connectivity index (χ1) is 12.0. The highest BCUT2D eigenvalue weighted by Gasteiger charge is 2.15. The Morgan fingerprint density at radius 2 is 1.96 bits per heavy atom. The minimum absolute atomic E-state index is 0.00139. The van der Waals surface area contributed by atoms with Crippen molar-refractivity contribution in [3.05, 3.63) is 79.9 Å². The molecule has 0 fully saturated rings. The minimum atomic E-state index is -0.611. The predicted molar refractivity (Wildman–Crippen MR) is 96.5 cm³/mol. The van der Waals surface area contributed by atoms with Gasteiger partial charge in [0.15, 0.2) is 0 Å². The van der Waals surface area contributed by atoms with Crippen molar-refractivity contribution in [1.82, 2.24) is 0 Å². The van der Waals surface area contributed by atoms with Crippen molar-refractivity contribution in [1.29, 1.82) is 5.26 Å². The van der Waals surface area contributed by atoms with E-state index in [2.05, 4.69) is 6.92 Å². The lowest BCUT2D eigenvalue weighted by Crippen LogP contribution is -2.02. The summed E-state index contributed by atoms with van der Waals surface area (Å²) in [6.07, 6.45) is 3.25. The zero-order valence-electron chi connectivity index (χ0n) is 13.5. The number of nitro groups is 1. The van der Waals surface area contributed by atoms with Gasteiger partial charge < -0.3 is 0 Å². The summed E-state index contributed by atoms with van der Waals surface area (Å²) >= 11 is 5.77. The van der Waals surface area contributed by atoms with Gasteiger partial charge in [0, 0.05) is 11.6 Å². The molecule has 0 saturated carbocycles. The summed E-state index contributed by atoms with van der Waals surface area (Å²) in [5.74, 6) is -0.428. The second-order valence-corrected chi connectivity index (χ2v) is 5.82. The van der Waals surface area contributed by atoms with Crippen molar-refractivity contribution < 1.29 is 9.72 Å².